The maximum atomic E-state index is 6.04. The van der Waals surface area contributed by atoms with E-state index in [9.17, 15) is 0 Å². The summed E-state index contributed by atoms with van der Waals surface area (Å²) in [6, 6.07) is 12.5. The molecule has 2 aromatic rings. The molecule has 0 aliphatic rings. The van der Waals surface area contributed by atoms with Crippen molar-refractivity contribution in [1.29, 1.82) is 0 Å². The van der Waals surface area contributed by atoms with Gasteiger partial charge in [0.25, 0.3) is 0 Å². The Morgan fingerprint density at radius 3 is 2.25 bits per heavy atom. The predicted molar refractivity (Wildman–Crippen MR) is 131 cm³/mol. The lowest BCUT2D eigenvalue weighted by atomic mass is 10.1. The Bertz CT molecular complexity index is 820. The number of rotatable bonds is 15. The maximum absolute atomic E-state index is 6.04. The summed E-state index contributed by atoms with van der Waals surface area (Å²) in [4.78, 5) is 4.68. The molecule has 0 saturated carbocycles. The Morgan fingerprint density at radius 1 is 0.875 bits per heavy atom. The third-order valence-electron chi connectivity index (χ3n) is 4.99. The van der Waals surface area contributed by atoms with E-state index in [1.165, 1.54) is 11.1 Å². The number of allylic oxidation sites excluding steroid dienone is 1. The van der Waals surface area contributed by atoms with Gasteiger partial charge in [-0.3, -0.25) is 0 Å². The van der Waals surface area contributed by atoms with Gasteiger partial charge in [0.2, 0.25) is 0 Å². The molecular weight excluding hydrogens is 402 g/mol. The van der Waals surface area contributed by atoms with E-state index in [0.717, 1.165) is 54.9 Å². The molecule has 0 amide bonds. The van der Waals surface area contributed by atoms with Gasteiger partial charge >= 0.3 is 0 Å². The first-order chi connectivity index (χ1) is 15.6. The van der Waals surface area contributed by atoms with Crippen molar-refractivity contribution >= 4 is 6.21 Å². The number of nitrogens with zero attached hydrogens (tertiary/aromatic N) is 1. The molecule has 0 fully saturated rings. The van der Waals surface area contributed by atoms with Crippen LogP contribution in [0.2, 0.25) is 0 Å². The zero-order valence-corrected chi connectivity index (χ0v) is 19.9. The van der Waals surface area contributed by atoms with E-state index in [4.69, 9.17) is 14.2 Å². The quantitative estimate of drug-likeness (QED) is 0.143. The van der Waals surface area contributed by atoms with Gasteiger partial charge in [0.05, 0.1) is 13.2 Å². The molecular formula is C27H37NO4. The summed E-state index contributed by atoms with van der Waals surface area (Å²) in [5.74, 6) is 1.86. The van der Waals surface area contributed by atoms with Crippen molar-refractivity contribution in [3.63, 3.8) is 0 Å². The SMILES string of the molecule is C/C=C/COc1cc(C)c(OCCCCCOCc2ccc(C/C=N/OC)cc2)c(C)c1. The van der Waals surface area contributed by atoms with Crippen molar-refractivity contribution in [2.45, 2.75) is 53.1 Å². The van der Waals surface area contributed by atoms with E-state index >= 15 is 0 Å². The van der Waals surface area contributed by atoms with Gasteiger partial charge < -0.3 is 19.0 Å². The summed E-state index contributed by atoms with van der Waals surface area (Å²) in [5, 5.41) is 3.76. The molecule has 5 nitrogen and oxygen atoms in total. The minimum absolute atomic E-state index is 0.590. The van der Waals surface area contributed by atoms with Gasteiger partial charge in [-0.05, 0) is 74.4 Å². The second-order valence-corrected chi connectivity index (χ2v) is 7.72. The molecule has 32 heavy (non-hydrogen) atoms. The number of benzene rings is 2. The fraction of sp³-hybridized carbons (Fsp3) is 0.444. The average Bonchev–Trinajstić information content (AvgIpc) is 2.78. The molecule has 0 aliphatic carbocycles. The van der Waals surface area contributed by atoms with Crippen LogP contribution in [0.3, 0.4) is 0 Å². The van der Waals surface area contributed by atoms with Crippen molar-refractivity contribution in [2.24, 2.45) is 5.16 Å². The van der Waals surface area contributed by atoms with E-state index < -0.39 is 0 Å². The van der Waals surface area contributed by atoms with Crippen molar-refractivity contribution in [2.75, 3.05) is 26.9 Å². The summed E-state index contributed by atoms with van der Waals surface area (Å²) in [6.07, 6.45) is 9.64. The zero-order chi connectivity index (χ0) is 23.0. The van der Waals surface area contributed by atoms with Gasteiger partial charge in [-0.25, -0.2) is 0 Å². The molecule has 0 heterocycles. The first-order valence-corrected chi connectivity index (χ1v) is 11.3. The molecule has 0 N–H and O–H groups in total. The smallest absolute Gasteiger partial charge is 0.125 e. The highest BCUT2D eigenvalue weighted by Crippen LogP contribution is 2.28. The van der Waals surface area contributed by atoms with Gasteiger partial charge in [0, 0.05) is 19.2 Å². The molecule has 0 radical (unpaired) electrons. The number of hydrogen-bond acceptors (Lipinski definition) is 5. The minimum atomic E-state index is 0.590. The van der Waals surface area contributed by atoms with Gasteiger partial charge in [-0.2, -0.15) is 0 Å². The molecule has 2 rings (SSSR count). The van der Waals surface area contributed by atoms with Crippen LogP contribution in [0.1, 0.15) is 48.4 Å². The zero-order valence-electron chi connectivity index (χ0n) is 19.9. The normalized spacial score (nSPS) is 11.4. The van der Waals surface area contributed by atoms with Crippen molar-refractivity contribution in [3.05, 3.63) is 70.8 Å². The van der Waals surface area contributed by atoms with Crippen LogP contribution in [0, 0.1) is 13.8 Å². The monoisotopic (exact) mass is 439 g/mol. The molecule has 0 spiro atoms. The lowest BCUT2D eigenvalue weighted by Gasteiger charge is -2.14. The Kier molecular flexibility index (Phi) is 12.0. The highest BCUT2D eigenvalue weighted by Gasteiger charge is 2.07. The average molecular weight is 440 g/mol. The van der Waals surface area contributed by atoms with Gasteiger partial charge in [-0.15, -0.1) is 0 Å². The van der Waals surface area contributed by atoms with Crippen LogP contribution in [0.5, 0.6) is 11.5 Å². The fourth-order valence-corrected chi connectivity index (χ4v) is 3.30. The van der Waals surface area contributed by atoms with Crippen LogP contribution in [0.4, 0.5) is 0 Å². The van der Waals surface area contributed by atoms with Crippen LogP contribution in [-0.2, 0) is 22.6 Å². The largest absolute Gasteiger partial charge is 0.493 e. The maximum Gasteiger partial charge on any atom is 0.125 e. The molecule has 5 heteroatoms. The highest BCUT2D eigenvalue weighted by atomic mass is 16.6. The van der Waals surface area contributed by atoms with Crippen molar-refractivity contribution in [1.82, 2.24) is 0 Å². The lowest BCUT2D eigenvalue weighted by Crippen LogP contribution is -2.03. The Labute approximate surface area is 193 Å². The molecule has 0 aliphatic heterocycles. The molecule has 0 unspecified atom stereocenters. The first-order valence-electron chi connectivity index (χ1n) is 11.3. The van der Waals surface area contributed by atoms with E-state index in [1.807, 2.05) is 31.2 Å². The van der Waals surface area contributed by atoms with E-state index in [-0.39, 0.29) is 0 Å². The van der Waals surface area contributed by atoms with Gasteiger partial charge in [0.1, 0.15) is 25.2 Å². The molecule has 2 aromatic carbocycles. The number of unbranched alkanes of at least 4 members (excludes halogenated alkanes) is 2. The Hall–Kier alpha value is -2.79. The van der Waals surface area contributed by atoms with Crippen LogP contribution in [-0.4, -0.2) is 33.1 Å². The standard InChI is InChI=1S/C27H37NO4/c1-5-6-17-31-26-19-22(2)27(23(3)20-26)32-18-9-7-8-16-30-21-25-12-10-24(11-13-25)14-15-28-29-4/h5-6,10-13,15,19-20H,7-9,14,16-18,21H2,1-4H3/b6-5+,28-15+. The topological polar surface area (TPSA) is 49.3 Å². The van der Waals surface area contributed by atoms with Crippen molar-refractivity contribution < 1.29 is 19.0 Å². The number of hydrogen-bond donors (Lipinski definition) is 0. The van der Waals surface area contributed by atoms with Crippen LogP contribution < -0.4 is 9.47 Å². The first kappa shape index (κ1) is 25.5. The molecule has 0 aromatic heterocycles. The predicted octanol–water partition coefficient (Wildman–Crippen LogP) is 6.20. The van der Waals surface area contributed by atoms with E-state index in [2.05, 4.69) is 48.1 Å². The van der Waals surface area contributed by atoms with Crippen LogP contribution >= 0.6 is 0 Å². The lowest BCUT2D eigenvalue weighted by molar-refractivity contribution is 0.116. The number of ether oxygens (including phenoxy) is 3. The highest BCUT2D eigenvalue weighted by molar-refractivity contribution is 5.60. The minimum Gasteiger partial charge on any atom is -0.493 e. The second kappa shape index (κ2) is 15.1. The third kappa shape index (κ3) is 9.56. The number of oxime groups is 1. The molecule has 0 saturated heterocycles. The Morgan fingerprint density at radius 2 is 1.56 bits per heavy atom. The van der Waals surface area contributed by atoms with Gasteiger partial charge in [-0.1, -0.05) is 41.6 Å². The summed E-state index contributed by atoms with van der Waals surface area (Å²) in [5.41, 5.74) is 4.61. The summed E-state index contributed by atoms with van der Waals surface area (Å²) in [7, 11) is 1.55. The third-order valence-corrected chi connectivity index (χ3v) is 4.99. The van der Waals surface area contributed by atoms with Crippen LogP contribution in [0.25, 0.3) is 0 Å². The fourth-order valence-electron chi connectivity index (χ4n) is 3.30. The Balaban J connectivity index is 1.59. The summed E-state index contributed by atoms with van der Waals surface area (Å²) < 4.78 is 17.6. The van der Waals surface area contributed by atoms with Gasteiger partial charge in [0.15, 0.2) is 0 Å². The van der Waals surface area contributed by atoms with E-state index in [1.54, 1.807) is 13.3 Å². The van der Waals surface area contributed by atoms with Crippen molar-refractivity contribution in [3.8, 4) is 11.5 Å². The molecule has 0 atom stereocenters. The summed E-state index contributed by atoms with van der Waals surface area (Å²) >= 11 is 0. The molecule has 0 bridgehead atoms. The van der Waals surface area contributed by atoms with Crippen LogP contribution in [0.15, 0.2) is 53.7 Å². The summed E-state index contributed by atoms with van der Waals surface area (Å²) in [6.45, 7) is 8.84. The molecule has 174 valence electrons. The second-order valence-electron chi connectivity index (χ2n) is 7.72. The number of aryl methyl sites for hydroxylation is 2. The van der Waals surface area contributed by atoms with E-state index in [0.29, 0.717) is 19.8 Å².